The summed E-state index contributed by atoms with van der Waals surface area (Å²) in [7, 11) is 0. The molecule has 7 nitrogen and oxygen atoms in total. The van der Waals surface area contributed by atoms with Crippen molar-refractivity contribution in [3.05, 3.63) is 473 Å². The van der Waals surface area contributed by atoms with Gasteiger partial charge in [0.25, 0.3) is 0 Å². The minimum absolute atomic E-state index is 0.909. The standard InChI is InChI=1S/C48H30N2O.2C36H24N2/c1-7-21-40-33(14-1)34-15-2-8-22-41(34)49(40)42-23-9-3-16-35(42)36-17-4-10-24-43(36)50-44-25-11-5-18-37(44)39-30-31(28-29-45(39)50)32-20-13-27-47-48(32)38-19-6-12-26-46(38)51-47;1-7-19-31-25(13-1)26-14-2-8-20-32(26)37(31)35-23-11-5-17-29(35)30-18-6-12-24-36(30)38-33-21-9-3-15-27(33)28-16-4-10-22-34(28)38;1-5-19-33-29(15-1)30-16-2-6-20-34(30)37(33)27-13-9-11-25(23-27)26-12-10-14-28(24-26)38-35-21-7-3-17-31(35)32-18-4-8-22-36(32)38/h1-30H;2*1-24H. The summed E-state index contributed by atoms with van der Waals surface area (Å²) in [5, 5.41) is 17.5. The van der Waals surface area contributed by atoms with Crippen molar-refractivity contribution in [1.29, 1.82) is 0 Å². The Morgan fingerprint density at radius 2 is 0.362 bits per heavy atom. The van der Waals surface area contributed by atoms with Crippen molar-refractivity contribution in [3.8, 4) is 78.6 Å². The second-order valence-electron chi connectivity index (χ2n) is 32.9. The Bertz CT molecular complexity index is 8500. The van der Waals surface area contributed by atoms with Gasteiger partial charge in [-0.05, 0) is 162 Å². The third-order valence-electron chi connectivity index (χ3n) is 26.0. The molecule has 27 aromatic rings. The van der Waals surface area contributed by atoms with Gasteiger partial charge in [-0.15, -0.1) is 0 Å². The molecule has 0 fully saturated rings. The van der Waals surface area contributed by atoms with Gasteiger partial charge in [-0.2, -0.15) is 0 Å². The Kier molecular flexibility index (Phi) is 17.2. The lowest BCUT2D eigenvalue weighted by Gasteiger charge is -2.18. The van der Waals surface area contributed by atoms with Crippen molar-refractivity contribution in [2.75, 3.05) is 0 Å². The monoisotopic (exact) mass is 1620 g/mol. The van der Waals surface area contributed by atoms with Crippen LogP contribution in [-0.4, -0.2) is 27.4 Å². The highest BCUT2D eigenvalue weighted by molar-refractivity contribution is 6.18. The fourth-order valence-electron chi connectivity index (χ4n) is 20.6. The molecule has 0 bridgehead atoms. The van der Waals surface area contributed by atoms with Gasteiger partial charge in [0.05, 0.1) is 88.9 Å². The highest BCUT2D eigenvalue weighted by Crippen LogP contribution is 2.47. The van der Waals surface area contributed by atoms with Crippen LogP contribution in [0.4, 0.5) is 0 Å². The summed E-state index contributed by atoms with van der Waals surface area (Å²) in [5.74, 6) is 0. The minimum Gasteiger partial charge on any atom is -0.456 e. The molecule has 27 rings (SSSR count). The zero-order chi connectivity index (χ0) is 83.6. The van der Waals surface area contributed by atoms with E-state index in [0.717, 1.165) is 33.3 Å². The summed E-state index contributed by atoms with van der Waals surface area (Å²) in [6, 6.07) is 170. The topological polar surface area (TPSA) is 42.7 Å². The number of fused-ring (bicyclic) bond motifs is 21. The zero-order valence-corrected chi connectivity index (χ0v) is 69.1. The van der Waals surface area contributed by atoms with Gasteiger partial charge < -0.3 is 31.8 Å². The van der Waals surface area contributed by atoms with Crippen molar-refractivity contribution >= 4 is 153 Å². The molecule has 7 heterocycles. The number of aromatic nitrogens is 6. The largest absolute Gasteiger partial charge is 0.456 e. The van der Waals surface area contributed by atoms with E-state index < -0.39 is 0 Å². The first kappa shape index (κ1) is 72.8. The van der Waals surface area contributed by atoms with Gasteiger partial charge in [0.15, 0.2) is 0 Å². The normalized spacial score (nSPS) is 11.8. The van der Waals surface area contributed by atoms with Crippen molar-refractivity contribution in [3.63, 3.8) is 0 Å². The lowest BCUT2D eigenvalue weighted by atomic mass is 9.98. The Hall–Kier alpha value is -17.0. The maximum atomic E-state index is 6.27. The molecule has 0 saturated carbocycles. The van der Waals surface area contributed by atoms with Crippen LogP contribution in [0.25, 0.3) is 231 Å². The van der Waals surface area contributed by atoms with Crippen LogP contribution in [0.3, 0.4) is 0 Å². The number of para-hydroxylation sites is 16. The van der Waals surface area contributed by atoms with Crippen LogP contribution < -0.4 is 0 Å². The van der Waals surface area contributed by atoms with E-state index in [-0.39, 0.29) is 0 Å². The number of hydrogen-bond donors (Lipinski definition) is 0. The average Bonchev–Trinajstić information content (AvgIpc) is 1.59. The van der Waals surface area contributed by atoms with E-state index in [2.05, 4.69) is 488 Å². The Labute approximate surface area is 731 Å². The summed E-state index contributed by atoms with van der Waals surface area (Å²) < 4.78 is 20.7. The van der Waals surface area contributed by atoms with Gasteiger partial charge in [-0.1, -0.05) is 334 Å². The van der Waals surface area contributed by atoms with Crippen LogP contribution in [-0.2, 0) is 0 Å². The van der Waals surface area contributed by atoms with Crippen molar-refractivity contribution < 1.29 is 4.42 Å². The smallest absolute Gasteiger partial charge is 0.136 e. The zero-order valence-electron chi connectivity index (χ0n) is 69.1. The molecule has 0 radical (unpaired) electrons. The van der Waals surface area contributed by atoms with Gasteiger partial charge in [-0.3, -0.25) is 0 Å². The number of rotatable bonds is 10. The summed E-state index contributed by atoms with van der Waals surface area (Å²) in [5.41, 5.74) is 32.9. The quantitative estimate of drug-likeness (QED) is 0.135. The van der Waals surface area contributed by atoms with E-state index in [4.69, 9.17) is 4.42 Å². The minimum atomic E-state index is 0.909. The van der Waals surface area contributed by atoms with Gasteiger partial charge in [0, 0.05) is 109 Å². The van der Waals surface area contributed by atoms with E-state index in [1.54, 1.807) is 0 Å². The van der Waals surface area contributed by atoms with E-state index in [1.807, 2.05) is 12.1 Å². The van der Waals surface area contributed by atoms with Crippen molar-refractivity contribution in [1.82, 2.24) is 27.4 Å². The molecule has 7 aromatic heterocycles. The Balaban J connectivity index is 0.000000105. The summed E-state index contributed by atoms with van der Waals surface area (Å²) in [6.45, 7) is 0. The second-order valence-corrected chi connectivity index (χ2v) is 32.9. The number of nitrogens with zero attached hydrogens (tertiary/aromatic N) is 6. The van der Waals surface area contributed by atoms with E-state index >= 15 is 0 Å². The highest BCUT2D eigenvalue weighted by Gasteiger charge is 2.25. The number of benzene rings is 20. The maximum absolute atomic E-state index is 6.27. The van der Waals surface area contributed by atoms with Gasteiger partial charge >= 0.3 is 0 Å². The first-order valence-electron chi connectivity index (χ1n) is 43.5. The molecular weight excluding hydrogens is 1540 g/mol. The van der Waals surface area contributed by atoms with E-state index in [9.17, 15) is 0 Å². The van der Waals surface area contributed by atoms with Crippen LogP contribution in [0.5, 0.6) is 0 Å². The lowest BCUT2D eigenvalue weighted by molar-refractivity contribution is 0.669. The third kappa shape index (κ3) is 11.7. The molecule has 7 heteroatoms. The fourth-order valence-corrected chi connectivity index (χ4v) is 20.6. The molecular formula is C120H78N6O. The summed E-state index contributed by atoms with van der Waals surface area (Å²) in [6.07, 6.45) is 0. The average molecular weight is 1620 g/mol. The predicted octanol–water partition coefficient (Wildman–Crippen LogP) is 32.2. The molecule has 0 atom stereocenters. The number of hydrogen-bond acceptors (Lipinski definition) is 1. The maximum Gasteiger partial charge on any atom is 0.136 e. The second kappa shape index (κ2) is 30.0. The van der Waals surface area contributed by atoms with Crippen LogP contribution in [0.2, 0.25) is 0 Å². The van der Waals surface area contributed by atoms with Gasteiger partial charge in [0.2, 0.25) is 0 Å². The molecule has 594 valence electrons. The first-order chi connectivity index (χ1) is 63.1. The Morgan fingerprint density at radius 3 is 0.677 bits per heavy atom. The Morgan fingerprint density at radius 1 is 0.134 bits per heavy atom. The molecule has 0 spiro atoms. The molecule has 0 aliphatic heterocycles. The van der Waals surface area contributed by atoms with Crippen molar-refractivity contribution in [2.24, 2.45) is 0 Å². The van der Waals surface area contributed by atoms with Crippen LogP contribution >= 0.6 is 0 Å². The first-order valence-corrected chi connectivity index (χ1v) is 43.5. The summed E-state index contributed by atoms with van der Waals surface area (Å²) >= 11 is 0. The molecule has 0 unspecified atom stereocenters. The molecule has 0 aliphatic carbocycles. The van der Waals surface area contributed by atoms with Gasteiger partial charge in [-0.25, -0.2) is 0 Å². The fraction of sp³-hybridized carbons (Fsp3) is 0. The molecule has 0 saturated heterocycles. The van der Waals surface area contributed by atoms with E-state index in [0.29, 0.717) is 0 Å². The molecule has 0 amide bonds. The highest BCUT2D eigenvalue weighted by atomic mass is 16.3. The van der Waals surface area contributed by atoms with Crippen LogP contribution in [0, 0.1) is 0 Å². The van der Waals surface area contributed by atoms with E-state index in [1.165, 1.54) is 198 Å². The molecule has 20 aromatic carbocycles. The molecule has 0 N–H and O–H groups in total. The number of furan rings is 1. The van der Waals surface area contributed by atoms with Gasteiger partial charge in [0.1, 0.15) is 11.2 Å². The SMILES string of the molecule is c1cc(-c2cccc(-n3c4ccccc4c4ccccc43)c2)cc(-n2c3ccccc3c3ccccc32)c1.c1ccc(-n2c3ccccc3c3ccccc32)c(-c2ccccc2-n2c3ccccc3c3cc(-c4cccc5oc6ccccc6c45)ccc32)c1.c1ccc(-n2c3ccccc3c3ccccc32)c(-c2ccccc2-n2c3ccccc3c3ccccc32)c1. The third-order valence-corrected chi connectivity index (χ3v) is 26.0. The summed E-state index contributed by atoms with van der Waals surface area (Å²) in [4.78, 5) is 0. The molecule has 127 heavy (non-hydrogen) atoms. The van der Waals surface area contributed by atoms with Crippen LogP contribution in [0.15, 0.2) is 478 Å². The lowest BCUT2D eigenvalue weighted by Crippen LogP contribution is -2.01. The molecule has 0 aliphatic rings. The van der Waals surface area contributed by atoms with Crippen LogP contribution in [0.1, 0.15) is 0 Å². The predicted molar refractivity (Wildman–Crippen MR) is 534 cm³/mol. The van der Waals surface area contributed by atoms with Crippen molar-refractivity contribution in [2.45, 2.75) is 0 Å².